The highest BCUT2D eigenvalue weighted by molar-refractivity contribution is 6.19. The maximum atomic E-state index is 11.8. The molecular weight excluding hydrogens is 208 g/mol. The molecule has 0 radical (unpaired) electrons. The summed E-state index contributed by atoms with van der Waals surface area (Å²) in [6.07, 6.45) is 5.01. The molecule has 16 heavy (non-hydrogen) atoms. The molecule has 0 aromatic rings. The molecule has 5 nitrogen and oxygen atoms in total. The van der Waals surface area contributed by atoms with E-state index in [0.717, 1.165) is 0 Å². The van der Waals surface area contributed by atoms with Crippen molar-refractivity contribution in [1.29, 1.82) is 0 Å². The fourth-order valence-corrected chi connectivity index (χ4v) is 1.84. The lowest BCUT2D eigenvalue weighted by Gasteiger charge is -2.32. The van der Waals surface area contributed by atoms with Gasteiger partial charge in [0, 0.05) is 0 Å². The lowest BCUT2D eigenvalue weighted by Crippen LogP contribution is -2.62. The van der Waals surface area contributed by atoms with Crippen LogP contribution in [0.5, 0.6) is 0 Å². The van der Waals surface area contributed by atoms with Gasteiger partial charge in [0.15, 0.2) is 0 Å². The summed E-state index contributed by atoms with van der Waals surface area (Å²) < 4.78 is 0. The molecule has 4 amide bonds. The van der Waals surface area contributed by atoms with Crippen molar-refractivity contribution in [2.45, 2.75) is 33.1 Å². The van der Waals surface area contributed by atoms with Crippen molar-refractivity contribution < 1.29 is 14.4 Å². The Morgan fingerprint density at radius 1 is 1.19 bits per heavy atom. The summed E-state index contributed by atoms with van der Waals surface area (Å²) in [5.74, 6) is -0.998. The van der Waals surface area contributed by atoms with Crippen LogP contribution in [0.15, 0.2) is 12.2 Å². The van der Waals surface area contributed by atoms with Crippen LogP contribution in [0.2, 0.25) is 0 Å². The second kappa shape index (κ2) is 4.92. The Kier molecular flexibility index (Phi) is 3.82. The Bertz CT molecular complexity index is 327. The largest absolute Gasteiger partial charge is 0.328 e. The highest BCUT2D eigenvalue weighted by Gasteiger charge is 2.48. The summed E-state index contributed by atoms with van der Waals surface area (Å²) in [5.41, 5.74) is -1.13. The molecule has 1 rings (SSSR count). The van der Waals surface area contributed by atoms with Gasteiger partial charge in [-0.15, -0.1) is 0 Å². The van der Waals surface area contributed by atoms with Crippen LogP contribution in [0.3, 0.4) is 0 Å². The molecule has 0 spiro atoms. The van der Waals surface area contributed by atoms with Crippen molar-refractivity contribution in [3.05, 3.63) is 12.2 Å². The first-order valence-corrected chi connectivity index (χ1v) is 5.35. The summed E-state index contributed by atoms with van der Waals surface area (Å²) in [5, 5.41) is 4.30. The molecule has 2 N–H and O–H groups in total. The fourth-order valence-electron chi connectivity index (χ4n) is 1.84. The van der Waals surface area contributed by atoms with E-state index in [1.165, 1.54) is 0 Å². The fraction of sp³-hybridized carbons (Fsp3) is 0.545. The number of urea groups is 1. The minimum absolute atomic E-state index is 0.322. The summed E-state index contributed by atoms with van der Waals surface area (Å²) >= 11 is 0. The standard InChI is InChI=1S/C11H16N2O3/c1-3-5-7-11(6-4-2)8(14)12-10(16)13-9(11)15/h3,5H,4,6-7H2,1-2H3,(H2,12,13,14,15,16)/b5-3-. The number of carbonyl (C=O) groups excluding carboxylic acids is 3. The van der Waals surface area contributed by atoms with E-state index in [2.05, 4.69) is 10.6 Å². The molecule has 1 aliphatic heterocycles. The van der Waals surface area contributed by atoms with E-state index in [0.29, 0.717) is 19.3 Å². The van der Waals surface area contributed by atoms with E-state index >= 15 is 0 Å². The number of nitrogens with one attached hydrogen (secondary N) is 2. The van der Waals surface area contributed by atoms with Crippen LogP contribution in [0.25, 0.3) is 0 Å². The zero-order chi connectivity index (χ0) is 12.2. The molecule has 88 valence electrons. The van der Waals surface area contributed by atoms with Gasteiger partial charge in [-0.25, -0.2) is 4.79 Å². The third-order valence-corrected chi connectivity index (χ3v) is 2.70. The van der Waals surface area contributed by atoms with Crippen molar-refractivity contribution in [1.82, 2.24) is 10.6 Å². The smallest absolute Gasteiger partial charge is 0.277 e. The third kappa shape index (κ3) is 2.13. The minimum atomic E-state index is -1.13. The average molecular weight is 224 g/mol. The van der Waals surface area contributed by atoms with Gasteiger partial charge in [0.25, 0.3) is 0 Å². The van der Waals surface area contributed by atoms with Crippen LogP contribution in [0.4, 0.5) is 4.79 Å². The summed E-state index contributed by atoms with van der Waals surface area (Å²) in [7, 11) is 0. The molecule has 1 aliphatic rings. The number of hydrogen-bond acceptors (Lipinski definition) is 3. The maximum Gasteiger partial charge on any atom is 0.328 e. The molecule has 0 aromatic carbocycles. The molecule has 1 saturated heterocycles. The number of rotatable bonds is 4. The SMILES string of the molecule is C/C=C\CC1(CCC)C(=O)NC(=O)NC1=O. The van der Waals surface area contributed by atoms with E-state index < -0.39 is 23.3 Å². The molecule has 1 fully saturated rings. The Balaban J connectivity index is 3.01. The Labute approximate surface area is 94.3 Å². The maximum absolute atomic E-state index is 11.8. The Hall–Kier alpha value is -1.65. The van der Waals surface area contributed by atoms with Crippen LogP contribution in [-0.2, 0) is 9.59 Å². The van der Waals surface area contributed by atoms with Gasteiger partial charge < -0.3 is 0 Å². The molecule has 0 atom stereocenters. The molecule has 0 unspecified atom stereocenters. The molecule has 1 heterocycles. The summed E-state index contributed by atoms with van der Waals surface area (Å²) in [6, 6.07) is -0.734. The monoisotopic (exact) mass is 224 g/mol. The van der Waals surface area contributed by atoms with Crippen LogP contribution in [-0.4, -0.2) is 17.8 Å². The molecule has 0 aliphatic carbocycles. The van der Waals surface area contributed by atoms with Gasteiger partial charge in [-0.3, -0.25) is 20.2 Å². The number of barbiturate groups is 1. The zero-order valence-corrected chi connectivity index (χ0v) is 9.50. The molecule has 5 heteroatoms. The normalized spacial score (nSPS) is 19.8. The predicted octanol–water partition coefficient (Wildman–Crippen LogP) is 1.11. The Morgan fingerprint density at radius 2 is 1.75 bits per heavy atom. The number of amides is 4. The highest BCUT2D eigenvalue weighted by Crippen LogP contribution is 2.31. The van der Waals surface area contributed by atoms with Gasteiger partial charge in [0.05, 0.1) is 0 Å². The van der Waals surface area contributed by atoms with Crippen LogP contribution < -0.4 is 10.6 Å². The quantitative estimate of drug-likeness (QED) is 0.554. The molecular formula is C11H16N2O3. The number of hydrogen-bond donors (Lipinski definition) is 2. The second-order valence-corrected chi connectivity index (χ2v) is 3.84. The van der Waals surface area contributed by atoms with Crippen molar-refractivity contribution in [2.24, 2.45) is 5.41 Å². The first-order valence-electron chi connectivity index (χ1n) is 5.35. The third-order valence-electron chi connectivity index (χ3n) is 2.70. The predicted molar refractivity (Wildman–Crippen MR) is 58.5 cm³/mol. The number of carbonyl (C=O) groups is 3. The van der Waals surface area contributed by atoms with E-state index in [-0.39, 0.29) is 0 Å². The highest BCUT2D eigenvalue weighted by atomic mass is 16.2. The lowest BCUT2D eigenvalue weighted by atomic mass is 9.77. The minimum Gasteiger partial charge on any atom is -0.277 e. The van der Waals surface area contributed by atoms with Gasteiger partial charge in [-0.05, 0) is 19.8 Å². The van der Waals surface area contributed by atoms with E-state index in [1.54, 1.807) is 12.2 Å². The summed E-state index contributed by atoms with van der Waals surface area (Å²) in [4.78, 5) is 34.6. The van der Waals surface area contributed by atoms with E-state index in [1.807, 2.05) is 13.8 Å². The van der Waals surface area contributed by atoms with Gasteiger partial charge in [0.2, 0.25) is 11.8 Å². The Morgan fingerprint density at radius 3 is 2.19 bits per heavy atom. The topological polar surface area (TPSA) is 75.3 Å². The van der Waals surface area contributed by atoms with Gasteiger partial charge in [-0.2, -0.15) is 0 Å². The molecule has 0 saturated carbocycles. The lowest BCUT2D eigenvalue weighted by molar-refractivity contribution is -0.144. The number of allylic oxidation sites excluding steroid dienone is 2. The number of imide groups is 2. The van der Waals surface area contributed by atoms with Crippen LogP contribution in [0, 0.1) is 5.41 Å². The second-order valence-electron chi connectivity index (χ2n) is 3.84. The zero-order valence-electron chi connectivity index (χ0n) is 9.50. The van der Waals surface area contributed by atoms with Crippen molar-refractivity contribution in [2.75, 3.05) is 0 Å². The van der Waals surface area contributed by atoms with E-state index in [9.17, 15) is 14.4 Å². The first-order chi connectivity index (χ1) is 7.56. The van der Waals surface area contributed by atoms with Gasteiger partial charge >= 0.3 is 6.03 Å². The van der Waals surface area contributed by atoms with Crippen molar-refractivity contribution in [3.8, 4) is 0 Å². The van der Waals surface area contributed by atoms with Gasteiger partial charge in [0.1, 0.15) is 5.41 Å². The molecule has 0 aromatic heterocycles. The van der Waals surface area contributed by atoms with Crippen LogP contribution >= 0.6 is 0 Å². The first kappa shape index (κ1) is 12.4. The van der Waals surface area contributed by atoms with Crippen molar-refractivity contribution in [3.63, 3.8) is 0 Å². The van der Waals surface area contributed by atoms with Gasteiger partial charge in [-0.1, -0.05) is 25.5 Å². The van der Waals surface area contributed by atoms with Crippen LogP contribution in [0.1, 0.15) is 33.1 Å². The van der Waals surface area contributed by atoms with Crippen molar-refractivity contribution >= 4 is 17.8 Å². The van der Waals surface area contributed by atoms with E-state index in [4.69, 9.17) is 0 Å². The summed E-state index contributed by atoms with van der Waals surface area (Å²) in [6.45, 7) is 3.72. The molecule has 0 bridgehead atoms. The average Bonchev–Trinajstić information content (AvgIpc) is 2.22.